The lowest BCUT2D eigenvalue weighted by Crippen LogP contribution is -2.26. The van der Waals surface area contributed by atoms with Crippen molar-refractivity contribution in [3.63, 3.8) is 0 Å². The Labute approximate surface area is 54.0 Å². The van der Waals surface area contributed by atoms with Crippen LogP contribution < -0.4 is 5.48 Å². The Bertz CT molecular complexity index is 72.6. The lowest BCUT2D eigenvalue weighted by Gasteiger charge is -2.07. The summed E-state index contributed by atoms with van der Waals surface area (Å²) in [5.74, 6) is 0. The summed E-state index contributed by atoms with van der Waals surface area (Å²) in [6.07, 6.45) is -0.120. The molecule has 0 aliphatic carbocycles. The first-order valence-corrected chi connectivity index (χ1v) is 2.92. The fraction of sp³-hybridized carbons (Fsp3) is 1.00. The second kappa shape index (κ2) is 3.79. The van der Waals surface area contributed by atoms with Gasteiger partial charge in [0.15, 0.2) is 6.29 Å². The highest BCUT2D eigenvalue weighted by atomic mass is 16.7. The van der Waals surface area contributed by atoms with Crippen LogP contribution in [-0.2, 0) is 14.3 Å². The maximum atomic E-state index is 5.09. The third-order valence-electron chi connectivity index (χ3n) is 1.09. The first-order valence-electron chi connectivity index (χ1n) is 2.92. The van der Waals surface area contributed by atoms with Crippen LogP contribution in [0, 0.1) is 0 Å². The Morgan fingerprint density at radius 2 is 2.22 bits per heavy atom. The van der Waals surface area contributed by atoms with E-state index in [1.165, 1.54) is 0 Å². The van der Waals surface area contributed by atoms with E-state index in [0.717, 1.165) is 0 Å². The Kier molecular flexibility index (Phi) is 2.93. The summed E-state index contributed by atoms with van der Waals surface area (Å²) in [7, 11) is 1.56. The zero-order chi connectivity index (χ0) is 6.53. The quantitative estimate of drug-likeness (QED) is 0.527. The van der Waals surface area contributed by atoms with Gasteiger partial charge in [0, 0.05) is 0 Å². The second-order valence-corrected chi connectivity index (χ2v) is 1.72. The van der Waals surface area contributed by atoms with E-state index in [1.54, 1.807) is 7.11 Å². The van der Waals surface area contributed by atoms with Crippen molar-refractivity contribution in [3.05, 3.63) is 0 Å². The van der Waals surface area contributed by atoms with Crippen molar-refractivity contribution in [2.45, 2.75) is 6.29 Å². The molecule has 0 aromatic heterocycles. The fourth-order valence-electron chi connectivity index (χ4n) is 0.676. The van der Waals surface area contributed by atoms with Crippen molar-refractivity contribution >= 4 is 0 Å². The largest absolute Gasteiger partial charge is 0.349 e. The topological polar surface area (TPSA) is 39.7 Å². The molecule has 4 nitrogen and oxygen atoms in total. The van der Waals surface area contributed by atoms with Crippen molar-refractivity contribution in [1.29, 1.82) is 0 Å². The molecule has 1 aliphatic heterocycles. The Morgan fingerprint density at radius 3 is 2.78 bits per heavy atom. The minimum Gasteiger partial charge on any atom is -0.349 e. The summed E-state index contributed by atoms with van der Waals surface area (Å²) in [4.78, 5) is 4.59. The fourth-order valence-corrected chi connectivity index (χ4v) is 0.676. The summed E-state index contributed by atoms with van der Waals surface area (Å²) in [5.41, 5.74) is 2.64. The second-order valence-electron chi connectivity index (χ2n) is 1.72. The van der Waals surface area contributed by atoms with Gasteiger partial charge >= 0.3 is 0 Å². The van der Waals surface area contributed by atoms with Crippen molar-refractivity contribution < 1.29 is 14.3 Å². The molecule has 1 rings (SSSR count). The van der Waals surface area contributed by atoms with E-state index in [4.69, 9.17) is 9.47 Å². The van der Waals surface area contributed by atoms with Gasteiger partial charge in [-0.15, -0.1) is 0 Å². The summed E-state index contributed by atoms with van der Waals surface area (Å²) >= 11 is 0. The van der Waals surface area contributed by atoms with Crippen LogP contribution in [0.5, 0.6) is 0 Å². The number of hydroxylamine groups is 1. The maximum Gasteiger partial charge on any atom is 0.172 e. The maximum absolute atomic E-state index is 5.09. The van der Waals surface area contributed by atoms with Gasteiger partial charge in [-0.1, -0.05) is 0 Å². The molecule has 0 amide bonds. The third kappa shape index (κ3) is 2.28. The van der Waals surface area contributed by atoms with Gasteiger partial charge in [0.25, 0.3) is 0 Å². The molecule has 4 heteroatoms. The van der Waals surface area contributed by atoms with Crippen LogP contribution in [0.3, 0.4) is 0 Å². The molecule has 9 heavy (non-hydrogen) atoms. The average molecular weight is 133 g/mol. The van der Waals surface area contributed by atoms with Gasteiger partial charge < -0.3 is 14.3 Å². The first kappa shape index (κ1) is 6.95. The van der Waals surface area contributed by atoms with Crippen LogP contribution in [-0.4, -0.2) is 33.2 Å². The lowest BCUT2D eigenvalue weighted by molar-refractivity contribution is -0.0665. The molecule has 0 aromatic rings. The summed E-state index contributed by atoms with van der Waals surface area (Å²) in [6, 6.07) is 0. The molecule has 54 valence electrons. The molecule has 1 fully saturated rings. The molecule has 1 N–H and O–H groups in total. The molecule has 0 aromatic carbocycles. The molecule has 1 saturated heterocycles. The van der Waals surface area contributed by atoms with Crippen molar-refractivity contribution in [2.75, 3.05) is 26.9 Å². The van der Waals surface area contributed by atoms with Crippen molar-refractivity contribution in [2.24, 2.45) is 0 Å². The van der Waals surface area contributed by atoms with E-state index in [9.17, 15) is 0 Å². The average Bonchev–Trinajstić information content (AvgIpc) is 2.34. The minimum atomic E-state index is -0.120. The van der Waals surface area contributed by atoms with Gasteiger partial charge in [-0.2, -0.15) is 5.48 Å². The summed E-state index contributed by atoms with van der Waals surface area (Å²) in [6.45, 7) is 1.97. The zero-order valence-corrected chi connectivity index (χ0v) is 5.42. The van der Waals surface area contributed by atoms with E-state index in [1.807, 2.05) is 0 Å². The number of nitrogens with one attached hydrogen (secondary N) is 1. The summed E-state index contributed by atoms with van der Waals surface area (Å²) < 4.78 is 10.2. The van der Waals surface area contributed by atoms with Gasteiger partial charge in [0.05, 0.1) is 26.9 Å². The summed E-state index contributed by atoms with van der Waals surface area (Å²) in [5, 5.41) is 0. The smallest absolute Gasteiger partial charge is 0.172 e. The molecule has 1 heterocycles. The molecule has 0 spiro atoms. The van der Waals surface area contributed by atoms with Crippen LogP contribution >= 0.6 is 0 Å². The highest BCUT2D eigenvalue weighted by molar-refractivity contribution is 4.50. The number of hydrogen-bond donors (Lipinski definition) is 1. The van der Waals surface area contributed by atoms with E-state index in [0.29, 0.717) is 19.8 Å². The predicted octanol–water partition coefficient (Wildman–Crippen LogP) is -0.490. The van der Waals surface area contributed by atoms with Crippen LogP contribution in [0.25, 0.3) is 0 Å². The van der Waals surface area contributed by atoms with Crippen LogP contribution in [0.4, 0.5) is 0 Å². The minimum absolute atomic E-state index is 0.120. The van der Waals surface area contributed by atoms with Gasteiger partial charge in [-0.25, -0.2) is 0 Å². The first-order chi connectivity index (χ1) is 4.43. The molecule has 0 radical (unpaired) electrons. The molecule has 1 aliphatic rings. The van der Waals surface area contributed by atoms with Crippen molar-refractivity contribution in [3.8, 4) is 0 Å². The van der Waals surface area contributed by atoms with Gasteiger partial charge in [-0.3, -0.25) is 0 Å². The van der Waals surface area contributed by atoms with Gasteiger partial charge in [0.1, 0.15) is 0 Å². The van der Waals surface area contributed by atoms with E-state index >= 15 is 0 Å². The normalized spacial score (nSPS) is 21.0. The highest BCUT2D eigenvalue weighted by Gasteiger charge is 2.14. The lowest BCUT2D eigenvalue weighted by atomic mass is 10.6. The van der Waals surface area contributed by atoms with Crippen LogP contribution in [0.2, 0.25) is 0 Å². The van der Waals surface area contributed by atoms with Crippen LogP contribution in [0.1, 0.15) is 0 Å². The van der Waals surface area contributed by atoms with E-state index in [2.05, 4.69) is 10.3 Å². The Hall–Kier alpha value is -0.160. The molecular weight excluding hydrogens is 122 g/mol. The highest BCUT2D eigenvalue weighted by Crippen LogP contribution is 2.00. The Morgan fingerprint density at radius 1 is 1.56 bits per heavy atom. The van der Waals surface area contributed by atoms with E-state index < -0.39 is 0 Å². The zero-order valence-electron chi connectivity index (χ0n) is 5.42. The molecule has 0 saturated carbocycles. The Balaban J connectivity index is 1.98. The van der Waals surface area contributed by atoms with Gasteiger partial charge in [-0.05, 0) is 0 Å². The SMILES string of the molecule is CONCC1OCCO1. The number of hydrogen-bond acceptors (Lipinski definition) is 4. The molecule has 0 unspecified atom stereocenters. The number of ether oxygens (including phenoxy) is 2. The number of rotatable bonds is 3. The van der Waals surface area contributed by atoms with Crippen molar-refractivity contribution in [1.82, 2.24) is 5.48 Å². The van der Waals surface area contributed by atoms with Gasteiger partial charge in [0.2, 0.25) is 0 Å². The molecule has 0 bridgehead atoms. The third-order valence-corrected chi connectivity index (χ3v) is 1.09. The predicted molar refractivity (Wildman–Crippen MR) is 30.7 cm³/mol. The monoisotopic (exact) mass is 133 g/mol. The molecular formula is C5H11NO3. The van der Waals surface area contributed by atoms with Crippen LogP contribution in [0.15, 0.2) is 0 Å². The molecule has 0 atom stereocenters. The van der Waals surface area contributed by atoms with E-state index in [-0.39, 0.29) is 6.29 Å². The standard InChI is InChI=1S/C5H11NO3/c1-7-6-4-5-8-2-3-9-5/h5-6H,2-4H2,1H3.